The minimum atomic E-state index is -0.217. The van der Waals surface area contributed by atoms with Crippen LogP contribution in [0.4, 0.5) is 0 Å². The molecule has 3 rings (SSSR count). The first-order valence-electron chi connectivity index (χ1n) is 5.15. The third-order valence-corrected chi connectivity index (χ3v) is 4.09. The van der Waals surface area contributed by atoms with Crippen LogP contribution in [-0.2, 0) is 0 Å². The molecule has 0 saturated heterocycles. The molecule has 3 N–H and O–H groups in total. The smallest absolute Gasteiger partial charge is 0.225 e. The second-order valence-corrected chi connectivity index (χ2v) is 5.34. The molecule has 1 unspecified atom stereocenters. The van der Waals surface area contributed by atoms with Gasteiger partial charge in [-0.05, 0) is 22.0 Å². The maximum absolute atomic E-state index is 5.95. The Morgan fingerprint density at radius 1 is 1.44 bits per heavy atom. The van der Waals surface area contributed by atoms with Gasteiger partial charge in [-0.3, -0.25) is 0 Å². The van der Waals surface area contributed by atoms with Gasteiger partial charge in [0.2, 0.25) is 5.96 Å². The van der Waals surface area contributed by atoms with Crippen LogP contribution < -0.4 is 11.1 Å². The summed E-state index contributed by atoms with van der Waals surface area (Å²) in [7, 11) is 0. The maximum Gasteiger partial charge on any atom is 0.225 e. The molecule has 0 spiro atoms. The van der Waals surface area contributed by atoms with E-state index in [1.807, 2.05) is 11.4 Å². The highest BCUT2D eigenvalue weighted by molar-refractivity contribution is 9.11. The fourth-order valence-electron chi connectivity index (χ4n) is 1.58. The van der Waals surface area contributed by atoms with Gasteiger partial charge in [-0.2, -0.15) is 5.10 Å². The molecule has 0 fully saturated rings. The molecule has 0 saturated carbocycles. The molecule has 1 aliphatic heterocycles. The van der Waals surface area contributed by atoms with Gasteiger partial charge in [-0.1, -0.05) is 0 Å². The Morgan fingerprint density at radius 2 is 2.33 bits per heavy atom. The zero-order valence-corrected chi connectivity index (χ0v) is 11.5. The number of halogens is 1. The third kappa shape index (κ3) is 1.93. The lowest BCUT2D eigenvalue weighted by Gasteiger charge is -2.21. The summed E-state index contributed by atoms with van der Waals surface area (Å²) in [5, 5.41) is 9.93. The molecular weight excluding hydrogens is 316 g/mol. The van der Waals surface area contributed by atoms with Gasteiger partial charge >= 0.3 is 0 Å². The fraction of sp³-hybridized carbons (Fsp3) is 0.100. The molecule has 2 aromatic rings. The molecule has 92 valence electrons. The van der Waals surface area contributed by atoms with E-state index in [2.05, 4.69) is 36.3 Å². The molecule has 0 bridgehead atoms. The maximum atomic E-state index is 5.95. The quantitative estimate of drug-likeness (QED) is 0.831. The van der Waals surface area contributed by atoms with Gasteiger partial charge in [0.15, 0.2) is 0 Å². The van der Waals surface area contributed by atoms with E-state index in [0.29, 0.717) is 11.8 Å². The average molecular weight is 325 g/mol. The predicted octanol–water partition coefficient (Wildman–Crippen LogP) is 1.41. The number of nitrogens with one attached hydrogen (secondary N) is 1. The second-order valence-electron chi connectivity index (χ2n) is 3.56. The summed E-state index contributed by atoms with van der Waals surface area (Å²) in [5.74, 6) is 1.11. The summed E-state index contributed by atoms with van der Waals surface area (Å²) in [5.41, 5.74) is 5.95. The monoisotopic (exact) mass is 324 g/mol. The summed E-state index contributed by atoms with van der Waals surface area (Å²) < 4.78 is 2.42. The minimum Gasteiger partial charge on any atom is -0.384 e. The van der Waals surface area contributed by atoms with Crippen LogP contribution in [0.15, 0.2) is 45.3 Å². The standard InChI is InChI=1S/C10H9BrN6S/c11-6-7(9-13-3-5-18-9)15-10(16-8(6)12)17-4-1-2-14-17/h1-5,7H,12H2,(H,15,16). The van der Waals surface area contributed by atoms with Gasteiger partial charge in [-0.25, -0.2) is 14.7 Å². The number of hydrogen-bond donors (Lipinski definition) is 2. The van der Waals surface area contributed by atoms with Crippen molar-refractivity contribution in [3.63, 3.8) is 0 Å². The van der Waals surface area contributed by atoms with Crippen molar-refractivity contribution in [3.8, 4) is 0 Å². The van der Waals surface area contributed by atoms with E-state index in [9.17, 15) is 0 Å². The molecule has 0 amide bonds. The number of thiazole rings is 1. The van der Waals surface area contributed by atoms with E-state index in [4.69, 9.17) is 5.73 Å². The summed E-state index contributed by atoms with van der Waals surface area (Å²) in [6.07, 6.45) is 5.24. The van der Waals surface area contributed by atoms with E-state index in [1.165, 1.54) is 11.3 Å². The first kappa shape index (κ1) is 11.4. The van der Waals surface area contributed by atoms with E-state index < -0.39 is 0 Å². The predicted molar refractivity (Wildman–Crippen MR) is 73.2 cm³/mol. The van der Waals surface area contributed by atoms with E-state index in [0.717, 1.165) is 9.49 Å². The Hall–Kier alpha value is -1.67. The van der Waals surface area contributed by atoms with Crippen LogP contribution in [0.25, 0.3) is 0 Å². The number of rotatable bonds is 1. The van der Waals surface area contributed by atoms with Crippen LogP contribution in [0.5, 0.6) is 0 Å². The fourth-order valence-corrected chi connectivity index (χ4v) is 2.83. The number of aromatic nitrogens is 3. The highest BCUT2D eigenvalue weighted by Gasteiger charge is 2.25. The second kappa shape index (κ2) is 4.54. The van der Waals surface area contributed by atoms with Crippen LogP contribution in [0.3, 0.4) is 0 Å². The van der Waals surface area contributed by atoms with Crippen LogP contribution >= 0.6 is 27.3 Å². The van der Waals surface area contributed by atoms with E-state index >= 15 is 0 Å². The largest absolute Gasteiger partial charge is 0.384 e. The highest BCUT2D eigenvalue weighted by atomic mass is 79.9. The lowest BCUT2D eigenvalue weighted by molar-refractivity contribution is 0.765. The van der Waals surface area contributed by atoms with E-state index in [1.54, 1.807) is 23.3 Å². The number of nitrogens with zero attached hydrogens (tertiary/aromatic N) is 4. The first-order valence-corrected chi connectivity index (χ1v) is 6.82. The molecular formula is C10H9BrN6S. The molecule has 0 aromatic carbocycles. The molecule has 6 nitrogen and oxygen atoms in total. The third-order valence-electron chi connectivity index (χ3n) is 2.40. The molecule has 3 heterocycles. The molecule has 8 heteroatoms. The minimum absolute atomic E-state index is 0.217. The molecule has 2 aromatic heterocycles. The summed E-state index contributed by atoms with van der Waals surface area (Å²) in [6.45, 7) is 0. The lowest BCUT2D eigenvalue weighted by atomic mass is 10.3. The Labute approximate surface area is 115 Å². The van der Waals surface area contributed by atoms with Gasteiger partial charge in [0.1, 0.15) is 16.9 Å². The lowest BCUT2D eigenvalue weighted by Crippen LogP contribution is -2.37. The summed E-state index contributed by atoms with van der Waals surface area (Å²) >= 11 is 4.99. The van der Waals surface area contributed by atoms with Crippen LogP contribution in [0.2, 0.25) is 0 Å². The number of nitrogens with two attached hydrogens (primary N) is 1. The Bertz CT molecular complexity index is 600. The van der Waals surface area contributed by atoms with Gasteiger partial charge in [-0.15, -0.1) is 11.3 Å². The van der Waals surface area contributed by atoms with Crippen molar-refractivity contribution >= 4 is 33.2 Å². The SMILES string of the molecule is NC1=C(Br)C(c2nccs2)N=C(n2cccn2)N1. The van der Waals surface area contributed by atoms with Crippen molar-refractivity contribution in [2.75, 3.05) is 0 Å². The van der Waals surface area contributed by atoms with Crippen molar-refractivity contribution in [1.29, 1.82) is 0 Å². The Kier molecular flexibility index (Phi) is 2.88. The van der Waals surface area contributed by atoms with Crippen LogP contribution in [-0.4, -0.2) is 20.7 Å². The van der Waals surface area contributed by atoms with Gasteiger partial charge in [0.25, 0.3) is 0 Å². The van der Waals surface area contributed by atoms with Crippen LogP contribution in [0, 0.1) is 0 Å². The molecule has 0 radical (unpaired) electrons. The average Bonchev–Trinajstić information content (AvgIpc) is 3.03. The van der Waals surface area contributed by atoms with Crippen molar-refractivity contribution in [3.05, 3.63) is 45.3 Å². The molecule has 1 aliphatic rings. The normalized spacial score (nSPS) is 19.6. The van der Waals surface area contributed by atoms with E-state index in [-0.39, 0.29) is 6.04 Å². The highest BCUT2D eigenvalue weighted by Crippen LogP contribution is 2.34. The summed E-state index contributed by atoms with van der Waals surface area (Å²) in [4.78, 5) is 8.84. The zero-order chi connectivity index (χ0) is 12.5. The van der Waals surface area contributed by atoms with Gasteiger partial charge in [0, 0.05) is 24.0 Å². The Morgan fingerprint density at radius 3 is 3.00 bits per heavy atom. The van der Waals surface area contributed by atoms with Crippen molar-refractivity contribution in [2.45, 2.75) is 6.04 Å². The topological polar surface area (TPSA) is 81.1 Å². The molecule has 18 heavy (non-hydrogen) atoms. The Balaban J connectivity index is 2.02. The molecule has 0 aliphatic carbocycles. The van der Waals surface area contributed by atoms with Crippen molar-refractivity contribution in [1.82, 2.24) is 20.1 Å². The number of hydrogen-bond acceptors (Lipinski definition) is 6. The molecule has 1 atom stereocenters. The summed E-state index contributed by atoms with van der Waals surface area (Å²) in [6, 6.07) is 1.61. The number of aliphatic imine (C=N–C) groups is 1. The van der Waals surface area contributed by atoms with Crippen molar-refractivity contribution in [2.24, 2.45) is 10.7 Å². The first-order chi connectivity index (χ1) is 8.75. The van der Waals surface area contributed by atoms with Crippen molar-refractivity contribution < 1.29 is 0 Å². The van der Waals surface area contributed by atoms with Gasteiger partial charge in [0.05, 0.1) is 4.48 Å². The zero-order valence-electron chi connectivity index (χ0n) is 9.12. The van der Waals surface area contributed by atoms with Gasteiger partial charge < -0.3 is 11.1 Å². The van der Waals surface area contributed by atoms with Crippen LogP contribution in [0.1, 0.15) is 11.0 Å².